The van der Waals surface area contributed by atoms with E-state index in [1.54, 1.807) is 6.92 Å². The molecule has 0 spiro atoms. The van der Waals surface area contributed by atoms with Crippen LogP contribution in [-0.4, -0.2) is 30.8 Å². The number of nitrogens with one attached hydrogen (secondary N) is 1. The van der Waals surface area contributed by atoms with Crippen molar-refractivity contribution in [1.29, 1.82) is 0 Å². The van der Waals surface area contributed by atoms with Gasteiger partial charge < -0.3 is 10.1 Å². The van der Waals surface area contributed by atoms with E-state index in [4.69, 9.17) is 4.74 Å². The van der Waals surface area contributed by atoms with Gasteiger partial charge in [0.05, 0.1) is 12.5 Å². The molecule has 0 aromatic heterocycles. The molecule has 1 N–H and O–H groups in total. The molecule has 1 fully saturated rings. The van der Waals surface area contributed by atoms with Gasteiger partial charge in [-0.2, -0.15) is 13.2 Å². The van der Waals surface area contributed by atoms with Gasteiger partial charge in [0, 0.05) is 0 Å². The first-order valence-corrected chi connectivity index (χ1v) is 6.34. The molecule has 106 valence electrons. The molecule has 0 saturated heterocycles. The molecule has 1 saturated carbocycles. The van der Waals surface area contributed by atoms with Gasteiger partial charge in [-0.25, -0.2) is 0 Å². The quantitative estimate of drug-likeness (QED) is 0.796. The van der Waals surface area contributed by atoms with E-state index in [9.17, 15) is 18.0 Å². The summed E-state index contributed by atoms with van der Waals surface area (Å²) in [6.07, 6.45) is -3.83. The number of halogens is 3. The predicted octanol–water partition coefficient (Wildman–Crippen LogP) is 2.65. The van der Waals surface area contributed by atoms with E-state index in [1.165, 1.54) is 0 Å². The second-order valence-electron chi connectivity index (χ2n) is 4.65. The Morgan fingerprint density at radius 3 is 2.28 bits per heavy atom. The topological polar surface area (TPSA) is 38.3 Å². The summed E-state index contributed by atoms with van der Waals surface area (Å²) in [5.41, 5.74) is -0.924. The standard InChI is InChI=1S/C12H20F3NO2/c1-3-16-11(10(17)18-4-2)7-5-9(6-8-11)12(13,14)15/h9,16H,3-8H2,1-2H3. The summed E-state index contributed by atoms with van der Waals surface area (Å²) in [5, 5.41) is 3.01. The molecule has 1 rings (SSSR count). The third-order valence-corrected chi connectivity index (χ3v) is 3.48. The third kappa shape index (κ3) is 3.37. The molecule has 3 nitrogen and oxygen atoms in total. The Balaban J connectivity index is 2.71. The number of esters is 1. The number of rotatable bonds is 4. The van der Waals surface area contributed by atoms with E-state index < -0.39 is 23.6 Å². The van der Waals surface area contributed by atoms with Gasteiger partial charge in [0.15, 0.2) is 0 Å². The summed E-state index contributed by atoms with van der Waals surface area (Å²) in [6.45, 7) is 4.31. The fraction of sp³-hybridized carbons (Fsp3) is 0.917. The molecular weight excluding hydrogens is 247 g/mol. The second kappa shape index (κ2) is 5.91. The van der Waals surface area contributed by atoms with Gasteiger partial charge in [-0.15, -0.1) is 0 Å². The first-order chi connectivity index (χ1) is 8.35. The highest BCUT2D eigenvalue weighted by Crippen LogP contribution is 2.41. The minimum atomic E-state index is -4.16. The zero-order valence-corrected chi connectivity index (χ0v) is 10.8. The van der Waals surface area contributed by atoms with E-state index in [1.807, 2.05) is 6.92 Å². The van der Waals surface area contributed by atoms with Crippen LogP contribution in [0.1, 0.15) is 39.5 Å². The number of ether oxygens (including phenoxy) is 1. The Morgan fingerprint density at radius 2 is 1.89 bits per heavy atom. The van der Waals surface area contributed by atoms with Crippen LogP contribution in [-0.2, 0) is 9.53 Å². The highest BCUT2D eigenvalue weighted by atomic mass is 19.4. The molecule has 0 atom stereocenters. The van der Waals surface area contributed by atoms with Crippen LogP contribution in [0.3, 0.4) is 0 Å². The molecule has 0 bridgehead atoms. The first kappa shape index (κ1) is 15.3. The third-order valence-electron chi connectivity index (χ3n) is 3.48. The Kier molecular flexibility index (Phi) is 5.01. The molecule has 0 aliphatic heterocycles. The normalized spacial score (nSPS) is 29.1. The van der Waals surface area contributed by atoms with Crippen LogP contribution in [0.5, 0.6) is 0 Å². The largest absolute Gasteiger partial charge is 0.465 e. The molecule has 1 aliphatic carbocycles. The van der Waals surface area contributed by atoms with Crippen LogP contribution in [0.2, 0.25) is 0 Å². The molecule has 0 aromatic rings. The molecule has 0 aromatic carbocycles. The summed E-state index contributed by atoms with van der Waals surface area (Å²) < 4.78 is 42.8. The lowest BCUT2D eigenvalue weighted by Crippen LogP contribution is -2.55. The smallest absolute Gasteiger partial charge is 0.391 e. The molecule has 1 aliphatic rings. The van der Waals surface area contributed by atoms with Crippen molar-refractivity contribution >= 4 is 5.97 Å². The van der Waals surface area contributed by atoms with Crippen LogP contribution in [0, 0.1) is 5.92 Å². The van der Waals surface area contributed by atoms with Crippen molar-refractivity contribution in [1.82, 2.24) is 5.32 Å². The van der Waals surface area contributed by atoms with E-state index in [2.05, 4.69) is 5.32 Å². The molecule has 0 unspecified atom stereocenters. The molecule has 0 amide bonds. The number of hydrogen-bond acceptors (Lipinski definition) is 3. The molecule has 6 heteroatoms. The average Bonchev–Trinajstić information content (AvgIpc) is 2.29. The van der Waals surface area contributed by atoms with Crippen LogP contribution >= 0.6 is 0 Å². The maximum absolute atomic E-state index is 12.6. The van der Waals surface area contributed by atoms with E-state index in [0.29, 0.717) is 6.54 Å². The Hall–Kier alpha value is -0.780. The Bertz CT molecular complexity index is 284. The molecule has 0 radical (unpaired) electrons. The Morgan fingerprint density at radius 1 is 1.33 bits per heavy atom. The average molecular weight is 267 g/mol. The first-order valence-electron chi connectivity index (χ1n) is 6.34. The maximum Gasteiger partial charge on any atom is 0.391 e. The van der Waals surface area contributed by atoms with Crippen molar-refractivity contribution in [3.05, 3.63) is 0 Å². The van der Waals surface area contributed by atoms with Gasteiger partial charge in [-0.3, -0.25) is 4.79 Å². The van der Waals surface area contributed by atoms with Crippen LogP contribution in [0.25, 0.3) is 0 Å². The van der Waals surface area contributed by atoms with Crippen LogP contribution in [0.15, 0.2) is 0 Å². The lowest BCUT2D eigenvalue weighted by molar-refractivity contribution is -0.189. The predicted molar refractivity (Wildman–Crippen MR) is 61.1 cm³/mol. The van der Waals surface area contributed by atoms with Gasteiger partial charge in [0.25, 0.3) is 0 Å². The number of carbonyl (C=O) groups is 1. The van der Waals surface area contributed by atoms with Gasteiger partial charge in [0.1, 0.15) is 5.54 Å². The summed E-state index contributed by atoms with van der Waals surface area (Å²) in [6, 6.07) is 0. The molecule has 18 heavy (non-hydrogen) atoms. The van der Waals surface area contributed by atoms with Crippen molar-refractivity contribution in [3.63, 3.8) is 0 Å². The van der Waals surface area contributed by atoms with Gasteiger partial charge >= 0.3 is 12.1 Å². The van der Waals surface area contributed by atoms with Crippen molar-refractivity contribution in [2.24, 2.45) is 5.92 Å². The lowest BCUT2D eigenvalue weighted by atomic mass is 9.76. The summed E-state index contributed by atoms with van der Waals surface area (Å²) in [5.74, 6) is -1.72. The fourth-order valence-electron chi connectivity index (χ4n) is 2.50. The maximum atomic E-state index is 12.6. The highest BCUT2D eigenvalue weighted by molar-refractivity contribution is 5.81. The summed E-state index contributed by atoms with van der Waals surface area (Å²) in [7, 11) is 0. The zero-order chi connectivity index (χ0) is 13.8. The summed E-state index contributed by atoms with van der Waals surface area (Å²) >= 11 is 0. The molecular formula is C12H20F3NO2. The minimum absolute atomic E-state index is 0.0185. The highest BCUT2D eigenvalue weighted by Gasteiger charge is 2.49. The van der Waals surface area contributed by atoms with Crippen LogP contribution in [0.4, 0.5) is 13.2 Å². The van der Waals surface area contributed by atoms with Crippen molar-refractivity contribution < 1.29 is 22.7 Å². The molecule has 0 heterocycles. The number of likely N-dealkylation sites (N-methyl/N-ethyl adjacent to an activating group) is 1. The lowest BCUT2D eigenvalue weighted by Gasteiger charge is -2.39. The van der Waals surface area contributed by atoms with Gasteiger partial charge in [-0.05, 0) is 39.2 Å². The minimum Gasteiger partial charge on any atom is -0.465 e. The van der Waals surface area contributed by atoms with E-state index in [-0.39, 0.29) is 32.3 Å². The van der Waals surface area contributed by atoms with Crippen LogP contribution < -0.4 is 5.32 Å². The Labute approximate surface area is 105 Å². The van der Waals surface area contributed by atoms with E-state index in [0.717, 1.165) is 0 Å². The summed E-state index contributed by atoms with van der Waals surface area (Å²) in [4.78, 5) is 11.9. The second-order valence-corrected chi connectivity index (χ2v) is 4.65. The fourth-order valence-corrected chi connectivity index (χ4v) is 2.50. The van der Waals surface area contributed by atoms with Crippen molar-refractivity contribution in [2.75, 3.05) is 13.2 Å². The van der Waals surface area contributed by atoms with E-state index >= 15 is 0 Å². The van der Waals surface area contributed by atoms with Crippen molar-refractivity contribution in [2.45, 2.75) is 51.2 Å². The number of hydrogen-bond donors (Lipinski definition) is 1. The number of carbonyl (C=O) groups excluding carboxylic acids is 1. The number of alkyl halides is 3. The SMILES string of the molecule is CCNC1(C(=O)OCC)CCC(C(F)(F)F)CC1. The van der Waals surface area contributed by atoms with Crippen molar-refractivity contribution in [3.8, 4) is 0 Å². The van der Waals surface area contributed by atoms with Gasteiger partial charge in [-0.1, -0.05) is 6.92 Å². The zero-order valence-electron chi connectivity index (χ0n) is 10.8. The monoisotopic (exact) mass is 267 g/mol. The van der Waals surface area contributed by atoms with Gasteiger partial charge in [0.2, 0.25) is 0 Å².